The number of nitrogen functional groups attached to an aromatic ring is 1. The average molecular weight is 468 g/mol. The highest BCUT2D eigenvalue weighted by Gasteiger charge is 2.69. The lowest BCUT2D eigenvalue weighted by molar-refractivity contribution is -0.142. The molecule has 0 radical (unpaired) electrons. The molecule has 174 valence electrons. The van der Waals surface area contributed by atoms with Gasteiger partial charge >= 0.3 is 0 Å². The molecule has 0 bridgehead atoms. The number of nitrogens with two attached hydrogens (primary N) is 1. The summed E-state index contributed by atoms with van der Waals surface area (Å²) < 4.78 is 5.42. The molecule has 1 saturated heterocycles. The summed E-state index contributed by atoms with van der Waals surface area (Å²) in [6.45, 7) is 0.259. The topological polar surface area (TPSA) is 144 Å². The van der Waals surface area contributed by atoms with Crippen LogP contribution in [0.5, 0.6) is 0 Å². The van der Waals surface area contributed by atoms with E-state index < -0.39 is 17.8 Å². The van der Waals surface area contributed by atoms with Crippen LogP contribution < -0.4 is 10.6 Å². The van der Waals surface area contributed by atoms with Crippen LogP contribution in [0.3, 0.4) is 0 Å². The molecule has 35 heavy (non-hydrogen) atoms. The second-order valence-electron chi connectivity index (χ2n) is 8.49. The molecule has 2 fully saturated rings. The SMILES string of the molecule is CN(c1ccccc1)c1nc(N)nc(-c2noc([C@@H]3[C@@H]4C(=O)N(Cc5ccccc5)C(=O)[C@@H]43)n2)n1. The Bertz CT molecular complexity index is 1400. The predicted molar refractivity (Wildman–Crippen MR) is 124 cm³/mol. The molecule has 1 saturated carbocycles. The van der Waals surface area contributed by atoms with Crippen LogP contribution in [0.25, 0.3) is 11.6 Å². The van der Waals surface area contributed by atoms with Crippen LogP contribution in [0.2, 0.25) is 0 Å². The molecular weight excluding hydrogens is 448 g/mol. The summed E-state index contributed by atoms with van der Waals surface area (Å²) in [4.78, 5) is 46.0. The molecule has 1 aliphatic heterocycles. The van der Waals surface area contributed by atoms with Gasteiger partial charge in [0.15, 0.2) is 0 Å². The number of carbonyl (C=O) groups is 2. The minimum absolute atomic E-state index is 0.00401. The van der Waals surface area contributed by atoms with Crippen molar-refractivity contribution >= 4 is 29.4 Å². The Morgan fingerprint density at radius 1 is 0.857 bits per heavy atom. The summed E-state index contributed by atoms with van der Waals surface area (Å²) in [5.41, 5.74) is 7.67. The molecule has 2 N–H and O–H groups in total. The van der Waals surface area contributed by atoms with Crippen LogP contribution in [0.4, 0.5) is 17.6 Å². The molecule has 3 atom stereocenters. The van der Waals surface area contributed by atoms with Gasteiger partial charge in [0, 0.05) is 12.7 Å². The Morgan fingerprint density at radius 3 is 2.20 bits per heavy atom. The van der Waals surface area contributed by atoms with Crippen LogP contribution in [-0.2, 0) is 16.1 Å². The van der Waals surface area contributed by atoms with E-state index >= 15 is 0 Å². The minimum atomic E-state index is -0.484. The van der Waals surface area contributed by atoms with Crippen molar-refractivity contribution in [1.82, 2.24) is 30.0 Å². The van der Waals surface area contributed by atoms with Crippen LogP contribution in [0.15, 0.2) is 65.2 Å². The standard InChI is InChI=1S/C24H20N8O3/c1-31(14-10-6-3-7-11-14)24-28-18(27-23(25)29-24)19-26-20(35-30-19)15-16-17(15)22(34)32(21(16)33)12-13-8-4-2-5-9-13/h2-11,15-17H,12H2,1H3,(H2,25,27,28,29)/t15-,16+,17-. The van der Waals surface area contributed by atoms with Crippen molar-refractivity contribution in [2.24, 2.45) is 11.8 Å². The molecule has 6 rings (SSSR count). The molecule has 0 spiro atoms. The fraction of sp³-hybridized carbons (Fsp3) is 0.208. The predicted octanol–water partition coefficient (Wildman–Crippen LogP) is 2.17. The second-order valence-corrected chi connectivity index (χ2v) is 8.49. The number of carbonyl (C=O) groups excluding carboxylic acids is 2. The van der Waals surface area contributed by atoms with Crippen LogP contribution >= 0.6 is 0 Å². The van der Waals surface area contributed by atoms with E-state index in [1.54, 1.807) is 11.9 Å². The van der Waals surface area contributed by atoms with E-state index in [1.807, 2.05) is 60.7 Å². The van der Waals surface area contributed by atoms with Gasteiger partial charge in [-0.1, -0.05) is 53.7 Å². The van der Waals surface area contributed by atoms with Crippen molar-refractivity contribution in [3.8, 4) is 11.6 Å². The molecule has 11 nitrogen and oxygen atoms in total. The number of hydrogen-bond donors (Lipinski definition) is 1. The zero-order valence-corrected chi connectivity index (χ0v) is 18.6. The molecular formula is C24H20N8O3. The fourth-order valence-corrected chi connectivity index (χ4v) is 4.48. The lowest BCUT2D eigenvalue weighted by atomic mass is 10.2. The number of fused-ring (bicyclic) bond motifs is 1. The number of likely N-dealkylation sites (tertiary alicyclic amines) is 1. The molecule has 2 aromatic heterocycles. The molecule has 2 aliphatic rings. The van der Waals surface area contributed by atoms with Crippen LogP contribution in [-0.4, -0.2) is 48.9 Å². The van der Waals surface area contributed by atoms with E-state index in [0.29, 0.717) is 5.95 Å². The van der Waals surface area contributed by atoms with Crippen molar-refractivity contribution in [3.63, 3.8) is 0 Å². The number of aromatic nitrogens is 5. The Balaban J connectivity index is 1.21. The van der Waals surface area contributed by atoms with Gasteiger partial charge in [0.1, 0.15) is 0 Å². The number of hydrogen-bond acceptors (Lipinski definition) is 10. The van der Waals surface area contributed by atoms with Crippen molar-refractivity contribution in [3.05, 3.63) is 72.1 Å². The zero-order valence-electron chi connectivity index (χ0n) is 18.6. The molecule has 1 aliphatic carbocycles. The third-order valence-electron chi connectivity index (χ3n) is 6.32. The highest BCUT2D eigenvalue weighted by Crippen LogP contribution is 2.59. The maximum atomic E-state index is 12.9. The van der Waals surface area contributed by atoms with E-state index in [1.165, 1.54) is 4.90 Å². The Labute approximate surface area is 199 Å². The largest absolute Gasteiger partial charge is 0.368 e. The van der Waals surface area contributed by atoms with Crippen molar-refractivity contribution in [2.45, 2.75) is 12.5 Å². The number of amides is 2. The summed E-state index contributed by atoms with van der Waals surface area (Å²) in [5, 5.41) is 3.98. The number of rotatable bonds is 6. The molecule has 11 heteroatoms. The Kier molecular flexibility index (Phi) is 4.76. The second kappa shape index (κ2) is 7.97. The molecule has 4 aromatic rings. The third-order valence-corrected chi connectivity index (χ3v) is 6.32. The van der Waals surface area contributed by atoms with E-state index in [2.05, 4.69) is 25.1 Å². The first-order chi connectivity index (χ1) is 17.0. The van der Waals surface area contributed by atoms with Gasteiger partial charge in [-0.25, -0.2) is 0 Å². The lowest BCUT2D eigenvalue weighted by Crippen LogP contribution is -2.33. The summed E-state index contributed by atoms with van der Waals surface area (Å²) >= 11 is 0. The van der Waals surface area contributed by atoms with Gasteiger partial charge in [-0.2, -0.15) is 19.9 Å². The number of para-hydroxylation sites is 1. The van der Waals surface area contributed by atoms with E-state index in [4.69, 9.17) is 10.3 Å². The third kappa shape index (κ3) is 3.57. The van der Waals surface area contributed by atoms with Gasteiger partial charge in [0.05, 0.1) is 24.3 Å². The minimum Gasteiger partial charge on any atom is -0.368 e. The highest BCUT2D eigenvalue weighted by molar-refractivity contribution is 6.10. The van der Waals surface area contributed by atoms with Gasteiger partial charge in [-0.15, -0.1) is 0 Å². The number of nitrogens with zero attached hydrogens (tertiary/aromatic N) is 7. The van der Waals surface area contributed by atoms with Crippen molar-refractivity contribution in [2.75, 3.05) is 17.7 Å². The summed E-state index contributed by atoms with van der Waals surface area (Å²) in [5.74, 6) is -1.05. The van der Waals surface area contributed by atoms with E-state index in [-0.39, 0.29) is 41.8 Å². The van der Waals surface area contributed by atoms with E-state index in [9.17, 15) is 9.59 Å². The van der Waals surface area contributed by atoms with Crippen LogP contribution in [0.1, 0.15) is 17.4 Å². The highest BCUT2D eigenvalue weighted by atomic mass is 16.5. The smallest absolute Gasteiger partial charge is 0.240 e. The normalized spacial score (nSPS) is 20.7. The van der Waals surface area contributed by atoms with Gasteiger partial charge in [-0.05, 0) is 17.7 Å². The quantitative estimate of drug-likeness (QED) is 0.418. The van der Waals surface area contributed by atoms with Crippen molar-refractivity contribution < 1.29 is 14.1 Å². The monoisotopic (exact) mass is 468 g/mol. The molecule has 3 heterocycles. The molecule has 2 aromatic carbocycles. The van der Waals surface area contributed by atoms with Gasteiger partial charge in [0.2, 0.25) is 41.3 Å². The fourth-order valence-electron chi connectivity index (χ4n) is 4.48. The number of benzene rings is 2. The Hall–Kier alpha value is -4.67. The first kappa shape index (κ1) is 20.9. The number of imide groups is 1. The average Bonchev–Trinajstić information content (AvgIpc) is 3.34. The zero-order chi connectivity index (χ0) is 24.1. The number of anilines is 3. The summed E-state index contributed by atoms with van der Waals surface area (Å²) in [6, 6.07) is 18.9. The number of piperidine rings is 1. The maximum Gasteiger partial charge on any atom is 0.240 e. The summed E-state index contributed by atoms with van der Waals surface area (Å²) in [6.07, 6.45) is 0. The Morgan fingerprint density at radius 2 is 1.51 bits per heavy atom. The maximum absolute atomic E-state index is 12.9. The molecule has 2 amide bonds. The van der Waals surface area contributed by atoms with E-state index in [0.717, 1.165) is 11.3 Å². The first-order valence-corrected chi connectivity index (χ1v) is 11.0. The summed E-state index contributed by atoms with van der Waals surface area (Å²) in [7, 11) is 1.80. The van der Waals surface area contributed by atoms with Crippen molar-refractivity contribution in [1.29, 1.82) is 0 Å². The first-order valence-electron chi connectivity index (χ1n) is 11.0. The molecule has 0 unspecified atom stereocenters. The lowest BCUT2D eigenvalue weighted by Gasteiger charge is -2.17. The van der Waals surface area contributed by atoms with Crippen LogP contribution in [0, 0.1) is 11.8 Å². The van der Waals surface area contributed by atoms with Gasteiger partial charge in [0.25, 0.3) is 0 Å². The van der Waals surface area contributed by atoms with Gasteiger partial charge in [-0.3, -0.25) is 14.5 Å². The van der Waals surface area contributed by atoms with Gasteiger partial charge < -0.3 is 15.2 Å².